The normalized spacial score (nSPS) is 12.1. The Morgan fingerprint density at radius 2 is 1.35 bits per heavy atom. The maximum Gasteiger partial charge on any atom is 0.325 e. The van der Waals surface area contributed by atoms with Crippen LogP contribution in [-0.4, -0.2) is 73.1 Å². The lowest BCUT2D eigenvalue weighted by Gasteiger charge is -2.27. The first-order valence-electron chi connectivity index (χ1n) is 15.5. The van der Waals surface area contributed by atoms with E-state index in [1.54, 1.807) is 6.92 Å². The number of carbonyl (C=O) groups excluding carboxylic acids is 5. The van der Waals surface area contributed by atoms with E-state index in [1.807, 2.05) is 54.6 Å². The number of esters is 2. The number of methoxy groups -OCH3 is 1. The highest BCUT2D eigenvalue weighted by Gasteiger charge is 2.44. The van der Waals surface area contributed by atoms with Crippen LogP contribution in [0.25, 0.3) is 0 Å². The first-order chi connectivity index (χ1) is 22.7. The fraction of sp³-hybridized carbons (Fsp3) is 0.343. The molecule has 0 bridgehead atoms. The van der Waals surface area contributed by atoms with Gasteiger partial charge in [-0.05, 0) is 56.2 Å². The van der Waals surface area contributed by atoms with Crippen molar-refractivity contribution in [1.29, 1.82) is 0 Å². The highest BCUT2D eigenvalue weighted by molar-refractivity contribution is 8.13. The van der Waals surface area contributed by atoms with Crippen LogP contribution in [0.5, 0.6) is 0 Å². The van der Waals surface area contributed by atoms with Gasteiger partial charge < -0.3 is 42.8 Å². The predicted molar refractivity (Wildman–Crippen MR) is 188 cm³/mol. The number of ether oxygens (including phenoxy) is 2. The van der Waals surface area contributed by atoms with Crippen LogP contribution < -0.4 is 49.3 Å². The van der Waals surface area contributed by atoms with Crippen LogP contribution in [0.1, 0.15) is 32.6 Å². The first-order valence-corrected chi connectivity index (χ1v) is 18.4. The standard InChI is InChI=1S/C35H42N3O7PS.BrH/c1-3-45-32(40)24-37-34(42)30(38-31(39)22-21-29(36)35(43)44-2)25-47-33(41)20-13-23-46(26-14-7-4-8-15-26,27-16-9-5-10-17-27)28-18-11-6-12-19-28;/h4-12,14-19,29-30H,3,13,20-25,36H2,1-2H3,(H-,37,38,39,42);1H. The Bertz CT molecular complexity index is 1370. The van der Waals surface area contributed by atoms with Gasteiger partial charge in [-0.1, -0.05) is 66.4 Å². The fourth-order valence-electron chi connectivity index (χ4n) is 5.09. The maximum absolute atomic E-state index is 13.2. The maximum atomic E-state index is 13.2. The number of benzene rings is 3. The summed E-state index contributed by atoms with van der Waals surface area (Å²) >= 11 is 0.953. The second-order valence-electron chi connectivity index (χ2n) is 10.6. The third-order valence-electron chi connectivity index (χ3n) is 7.43. The number of hydrogen-bond acceptors (Lipinski definition) is 9. The molecule has 0 fully saturated rings. The number of amides is 2. The van der Waals surface area contributed by atoms with Gasteiger partial charge in [0.05, 0.1) is 19.9 Å². The summed E-state index contributed by atoms with van der Waals surface area (Å²) < 4.78 is 9.45. The van der Waals surface area contributed by atoms with Crippen molar-refractivity contribution in [2.75, 3.05) is 32.2 Å². The van der Waals surface area contributed by atoms with E-state index in [1.165, 1.54) is 23.0 Å². The molecule has 2 amide bonds. The monoisotopic (exact) mass is 759 g/mol. The van der Waals surface area contributed by atoms with E-state index in [9.17, 15) is 24.0 Å². The summed E-state index contributed by atoms with van der Waals surface area (Å²) in [4.78, 5) is 62.2. The van der Waals surface area contributed by atoms with Crippen LogP contribution in [0.15, 0.2) is 91.0 Å². The van der Waals surface area contributed by atoms with Crippen molar-refractivity contribution in [3.05, 3.63) is 91.0 Å². The smallest absolute Gasteiger partial charge is 0.325 e. The quantitative estimate of drug-likeness (QED) is 0.115. The lowest BCUT2D eigenvalue weighted by Crippen LogP contribution is -3.00. The van der Waals surface area contributed by atoms with Crippen LogP contribution in [-0.2, 0) is 33.4 Å². The molecule has 3 aromatic carbocycles. The molecule has 3 aromatic rings. The molecule has 3 rings (SSSR count). The molecule has 13 heteroatoms. The van der Waals surface area contributed by atoms with E-state index in [4.69, 9.17) is 10.5 Å². The first kappa shape index (κ1) is 40.6. The molecule has 0 aliphatic carbocycles. The molecular formula is C35H43BrN3O7PS. The van der Waals surface area contributed by atoms with E-state index in [2.05, 4.69) is 51.8 Å². The average molecular weight is 761 g/mol. The molecule has 48 heavy (non-hydrogen) atoms. The molecule has 0 heterocycles. The Kier molecular flexibility index (Phi) is 18.1. The van der Waals surface area contributed by atoms with Crippen molar-refractivity contribution in [3.63, 3.8) is 0 Å². The van der Waals surface area contributed by atoms with Crippen LogP contribution in [0.2, 0.25) is 0 Å². The molecule has 0 aliphatic heterocycles. The minimum atomic E-state index is -2.10. The van der Waals surface area contributed by atoms with Gasteiger partial charge in [-0.25, -0.2) is 0 Å². The van der Waals surface area contributed by atoms with Crippen molar-refractivity contribution < 1.29 is 50.4 Å². The Hall–Kier alpha value is -3.57. The number of rotatable bonds is 18. The van der Waals surface area contributed by atoms with Gasteiger partial charge in [-0.15, -0.1) is 0 Å². The highest BCUT2D eigenvalue weighted by Crippen LogP contribution is 2.56. The summed E-state index contributed by atoms with van der Waals surface area (Å²) in [6.07, 6.45) is 1.50. The van der Waals surface area contributed by atoms with Crippen LogP contribution in [0.3, 0.4) is 0 Å². The number of thioether (sulfide) groups is 1. The average Bonchev–Trinajstić information content (AvgIpc) is 3.10. The summed E-state index contributed by atoms with van der Waals surface area (Å²) in [7, 11) is -0.900. The zero-order valence-corrected chi connectivity index (χ0v) is 30.4. The summed E-state index contributed by atoms with van der Waals surface area (Å²) in [6, 6.07) is 29.1. The van der Waals surface area contributed by atoms with E-state index < -0.39 is 43.1 Å². The van der Waals surface area contributed by atoms with Gasteiger partial charge in [-0.3, -0.25) is 24.0 Å². The van der Waals surface area contributed by atoms with Gasteiger partial charge in [-0.2, -0.15) is 0 Å². The van der Waals surface area contributed by atoms with E-state index in [0.29, 0.717) is 6.42 Å². The fourth-order valence-corrected chi connectivity index (χ4v) is 10.3. The summed E-state index contributed by atoms with van der Waals surface area (Å²) in [6.45, 7) is 1.42. The predicted octanol–water partition coefficient (Wildman–Crippen LogP) is -0.531. The molecular weight excluding hydrogens is 717 g/mol. The Morgan fingerprint density at radius 3 is 1.83 bits per heavy atom. The van der Waals surface area contributed by atoms with Crippen molar-refractivity contribution in [1.82, 2.24) is 10.6 Å². The van der Waals surface area contributed by atoms with E-state index >= 15 is 0 Å². The van der Waals surface area contributed by atoms with Gasteiger partial charge in [0.25, 0.3) is 0 Å². The molecule has 0 aliphatic rings. The van der Waals surface area contributed by atoms with Gasteiger partial charge in [0, 0.05) is 18.6 Å². The van der Waals surface area contributed by atoms with Crippen LogP contribution >= 0.6 is 19.0 Å². The molecule has 0 radical (unpaired) electrons. The third kappa shape index (κ3) is 12.1. The number of halogens is 1. The minimum Gasteiger partial charge on any atom is -1.00 e. The molecule has 258 valence electrons. The minimum absolute atomic E-state index is 0. The Labute approximate surface area is 297 Å². The number of carbonyl (C=O) groups is 5. The second kappa shape index (κ2) is 21.4. The highest BCUT2D eigenvalue weighted by atomic mass is 79.9. The Balaban J connectivity index is 0.00000800. The lowest BCUT2D eigenvalue weighted by atomic mass is 10.1. The van der Waals surface area contributed by atoms with Crippen molar-refractivity contribution in [3.8, 4) is 0 Å². The number of nitrogens with two attached hydrogens (primary N) is 1. The van der Waals surface area contributed by atoms with E-state index in [-0.39, 0.29) is 60.3 Å². The molecule has 0 saturated heterocycles. The summed E-state index contributed by atoms with van der Waals surface area (Å²) in [5.41, 5.74) is 5.73. The molecule has 2 atom stereocenters. The van der Waals surface area contributed by atoms with Crippen LogP contribution in [0, 0.1) is 0 Å². The zero-order chi connectivity index (χ0) is 34.1. The third-order valence-corrected chi connectivity index (χ3v) is 13.0. The molecule has 10 nitrogen and oxygen atoms in total. The molecule has 0 saturated carbocycles. The molecule has 0 aromatic heterocycles. The SMILES string of the molecule is CCOC(=O)CNC(=O)C(CSC(=O)CCC[P+](c1ccccc1)(c1ccccc1)c1ccccc1)NC(=O)CCC(N)C(=O)OC.[Br-]. The van der Waals surface area contributed by atoms with Gasteiger partial charge in [0.15, 0.2) is 5.12 Å². The topological polar surface area (TPSA) is 154 Å². The van der Waals surface area contributed by atoms with E-state index in [0.717, 1.165) is 17.9 Å². The number of hydrogen-bond donors (Lipinski definition) is 3. The summed E-state index contributed by atoms with van der Waals surface area (Å²) in [5, 5.41) is 8.62. The summed E-state index contributed by atoms with van der Waals surface area (Å²) in [5.74, 6) is -2.48. The van der Waals surface area contributed by atoms with Crippen molar-refractivity contribution in [2.45, 2.75) is 44.7 Å². The lowest BCUT2D eigenvalue weighted by molar-refractivity contribution is -0.143. The van der Waals surface area contributed by atoms with Crippen molar-refractivity contribution in [2.24, 2.45) is 5.73 Å². The van der Waals surface area contributed by atoms with Crippen LogP contribution in [0.4, 0.5) is 0 Å². The zero-order valence-electron chi connectivity index (χ0n) is 27.1. The second-order valence-corrected chi connectivity index (χ2v) is 15.3. The van der Waals surface area contributed by atoms with Gasteiger partial charge in [0.1, 0.15) is 41.8 Å². The van der Waals surface area contributed by atoms with Gasteiger partial charge >= 0.3 is 11.9 Å². The van der Waals surface area contributed by atoms with Crippen molar-refractivity contribution >= 4 is 63.8 Å². The molecule has 2 unspecified atom stereocenters. The number of nitrogens with one attached hydrogen (secondary N) is 2. The Morgan fingerprint density at radius 1 is 0.833 bits per heavy atom. The molecule has 0 spiro atoms. The molecule has 4 N–H and O–H groups in total. The van der Waals surface area contributed by atoms with Gasteiger partial charge in [0.2, 0.25) is 11.8 Å². The largest absolute Gasteiger partial charge is 1.00 e.